The molecule has 1 aliphatic heterocycles. The maximum Gasteiger partial charge on any atom is 0.317 e. The number of hydrogen-bond donors (Lipinski definition) is 2. The van der Waals surface area contributed by atoms with Gasteiger partial charge in [0.05, 0.1) is 0 Å². The molecule has 1 aliphatic carbocycles. The van der Waals surface area contributed by atoms with E-state index in [-0.39, 0.29) is 18.6 Å². The van der Waals surface area contributed by atoms with Crippen molar-refractivity contribution in [3.63, 3.8) is 0 Å². The van der Waals surface area contributed by atoms with Gasteiger partial charge in [-0.05, 0) is 31.1 Å². The Balaban J connectivity index is 1.87. The summed E-state index contributed by atoms with van der Waals surface area (Å²) in [7, 11) is 0. The molecule has 4 heteroatoms. The maximum atomic E-state index is 12.3. The highest BCUT2D eigenvalue weighted by Gasteiger charge is 2.31. The third-order valence-electron chi connectivity index (χ3n) is 4.82. The molecule has 2 aliphatic rings. The molecular weight excluding hydrogens is 240 g/mol. The van der Waals surface area contributed by atoms with Crippen molar-refractivity contribution in [3.8, 4) is 0 Å². The summed E-state index contributed by atoms with van der Waals surface area (Å²) in [5, 5.41) is 12.4. The molecule has 0 radical (unpaired) electrons. The topological polar surface area (TPSA) is 52.6 Å². The van der Waals surface area contributed by atoms with Gasteiger partial charge in [0.1, 0.15) is 0 Å². The Morgan fingerprint density at radius 2 is 2.05 bits per heavy atom. The quantitative estimate of drug-likeness (QED) is 0.824. The van der Waals surface area contributed by atoms with E-state index < -0.39 is 0 Å². The second kappa shape index (κ2) is 6.60. The van der Waals surface area contributed by atoms with E-state index in [1.54, 1.807) is 0 Å². The van der Waals surface area contributed by atoms with Gasteiger partial charge in [-0.15, -0.1) is 0 Å². The lowest BCUT2D eigenvalue weighted by molar-refractivity contribution is 0.170. The molecule has 110 valence electrons. The Morgan fingerprint density at radius 1 is 1.32 bits per heavy atom. The van der Waals surface area contributed by atoms with Crippen LogP contribution >= 0.6 is 0 Å². The molecule has 0 bridgehead atoms. The number of aliphatic hydroxyl groups excluding tert-OH is 1. The van der Waals surface area contributed by atoms with Crippen molar-refractivity contribution in [1.29, 1.82) is 0 Å². The van der Waals surface area contributed by atoms with Gasteiger partial charge in [0.25, 0.3) is 0 Å². The number of urea groups is 1. The minimum Gasteiger partial charge on any atom is -0.396 e. The first-order valence-corrected chi connectivity index (χ1v) is 7.78. The second-order valence-corrected chi connectivity index (χ2v) is 6.53. The van der Waals surface area contributed by atoms with Gasteiger partial charge in [0, 0.05) is 31.7 Å². The third-order valence-corrected chi connectivity index (χ3v) is 4.82. The van der Waals surface area contributed by atoms with E-state index in [1.807, 2.05) is 4.90 Å². The van der Waals surface area contributed by atoms with Gasteiger partial charge in [0.2, 0.25) is 0 Å². The molecule has 1 heterocycles. The average Bonchev–Trinajstić information content (AvgIpc) is 2.88. The summed E-state index contributed by atoms with van der Waals surface area (Å²) in [4.78, 5) is 14.1. The monoisotopic (exact) mass is 268 g/mol. The fourth-order valence-electron chi connectivity index (χ4n) is 3.55. The molecule has 2 rings (SSSR count). The van der Waals surface area contributed by atoms with E-state index in [0.717, 1.165) is 19.4 Å². The molecule has 3 atom stereocenters. The standard InChI is InChI=1S/C15H28N2O2/c1-11(2)13-5-3-4-6-14(13)16-15(19)17-8-7-12(9-17)10-18/h11-14,18H,3-10H2,1-2H3,(H,16,19). The van der Waals surface area contributed by atoms with E-state index in [0.29, 0.717) is 24.4 Å². The Labute approximate surface area is 116 Å². The SMILES string of the molecule is CC(C)C1CCCCC1NC(=O)N1CCC(CO)C1. The summed E-state index contributed by atoms with van der Waals surface area (Å²) in [6.45, 7) is 6.21. The Morgan fingerprint density at radius 3 is 2.68 bits per heavy atom. The van der Waals surface area contributed by atoms with Gasteiger partial charge >= 0.3 is 6.03 Å². The molecule has 2 amide bonds. The van der Waals surface area contributed by atoms with Gasteiger partial charge in [-0.2, -0.15) is 0 Å². The number of carbonyl (C=O) groups is 1. The minimum atomic E-state index is 0.0773. The van der Waals surface area contributed by atoms with Crippen molar-refractivity contribution in [2.24, 2.45) is 17.8 Å². The summed E-state index contributed by atoms with van der Waals surface area (Å²) in [6.07, 6.45) is 5.81. The molecular formula is C15H28N2O2. The minimum absolute atomic E-state index is 0.0773. The van der Waals surface area contributed by atoms with Crippen molar-refractivity contribution in [1.82, 2.24) is 10.2 Å². The highest BCUT2D eigenvalue weighted by Crippen LogP contribution is 2.30. The van der Waals surface area contributed by atoms with Crippen LogP contribution in [-0.2, 0) is 0 Å². The highest BCUT2D eigenvalue weighted by atomic mass is 16.3. The van der Waals surface area contributed by atoms with Crippen LogP contribution in [0.1, 0.15) is 46.0 Å². The summed E-state index contributed by atoms with van der Waals surface area (Å²) in [6, 6.07) is 0.419. The number of amides is 2. The Hall–Kier alpha value is -0.770. The predicted octanol–water partition coefficient (Wildman–Crippen LogP) is 2.23. The fourth-order valence-corrected chi connectivity index (χ4v) is 3.55. The predicted molar refractivity (Wildman–Crippen MR) is 75.9 cm³/mol. The van der Waals surface area contributed by atoms with Gasteiger partial charge in [0.15, 0.2) is 0 Å². The normalized spacial score (nSPS) is 31.8. The summed E-state index contributed by atoms with van der Waals surface area (Å²) >= 11 is 0. The van der Waals surface area contributed by atoms with Crippen molar-refractivity contribution in [2.75, 3.05) is 19.7 Å². The van der Waals surface area contributed by atoms with Gasteiger partial charge in [-0.25, -0.2) is 4.79 Å². The van der Waals surface area contributed by atoms with Crippen LogP contribution in [0.15, 0.2) is 0 Å². The summed E-state index contributed by atoms with van der Waals surface area (Å²) < 4.78 is 0. The van der Waals surface area contributed by atoms with Gasteiger partial charge in [-0.1, -0.05) is 26.7 Å². The lowest BCUT2D eigenvalue weighted by Crippen LogP contribution is -2.49. The van der Waals surface area contributed by atoms with Crippen molar-refractivity contribution in [2.45, 2.75) is 52.0 Å². The van der Waals surface area contributed by atoms with Crippen molar-refractivity contribution in [3.05, 3.63) is 0 Å². The Bertz CT molecular complexity index is 307. The molecule has 0 aromatic carbocycles. The molecule has 2 fully saturated rings. The largest absolute Gasteiger partial charge is 0.396 e. The molecule has 0 aromatic heterocycles. The number of nitrogens with one attached hydrogen (secondary N) is 1. The van der Waals surface area contributed by atoms with Crippen LogP contribution in [0.5, 0.6) is 0 Å². The number of rotatable bonds is 3. The molecule has 1 saturated carbocycles. The molecule has 3 unspecified atom stereocenters. The zero-order valence-electron chi connectivity index (χ0n) is 12.3. The van der Waals surface area contributed by atoms with Crippen molar-refractivity contribution >= 4 is 6.03 Å². The first-order chi connectivity index (χ1) is 9.11. The first kappa shape index (κ1) is 14.6. The zero-order valence-corrected chi connectivity index (χ0v) is 12.3. The van der Waals surface area contributed by atoms with Crippen LogP contribution in [0.3, 0.4) is 0 Å². The lowest BCUT2D eigenvalue weighted by Gasteiger charge is -2.35. The molecule has 19 heavy (non-hydrogen) atoms. The number of carbonyl (C=O) groups excluding carboxylic acids is 1. The molecule has 0 spiro atoms. The number of nitrogens with zero attached hydrogens (tertiary/aromatic N) is 1. The van der Waals surface area contributed by atoms with Gasteiger partial charge < -0.3 is 15.3 Å². The van der Waals surface area contributed by atoms with Gasteiger partial charge in [-0.3, -0.25) is 0 Å². The number of likely N-dealkylation sites (tertiary alicyclic amines) is 1. The van der Waals surface area contributed by atoms with Crippen LogP contribution in [0.4, 0.5) is 4.79 Å². The van der Waals surface area contributed by atoms with E-state index in [4.69, 9.17) is 5.11 Å². The molecule has 1 saturated heterocycles. The number of aliphatic hydroxyl groups is 1. The maximum absolute atomic E-state index is 12.3. The third kappa shape index (κ3) is 3.62. The van der Waals surface area contributed by atoms with Crippen LogP contribution < -0.4 is 5.32 Å². The van der Waals surface area contributed by atoms with Crippen LogP contribution in [0, 0.1) is 17.8 Å². The molecule has 4 nitrogen and oxygen atoms in total. The average molecular weight is 268 g/mol. The lowest BCUT2D eigenvalue weighted by atomic mass is 9.78. The fraction of sp³-hybridized carbons (Fsp3) is 0.933. The van der Waals surface area contributed by atoms with Crippen molar-refractivity contribution < 1.29 is 9.90 Å². The van der Waals surface area contributed by atoms with Crippen LogP contribution in [0.25, 0.3) is 0 Å². The van der Waals surface area contributed by atoms with E-state index >= 15 is 0 Å². The van der Waals surface area contributed by atoms with Crippen LogP contribution in [-0.4, -0.2) is 41.8 Å². The summed E-state index contributed by atoms with van der Waals surface area (Å²) in [5.74, 6) is 1.53. The zero-order chi connectivity index (χ0) is 13.8. The van der Waals surface area contributed by atoms with E-state index in [2.05, 4.69) is 19.2 Å². The summed E-state index contributed by atoms with van der Waals surface area (Å²) in [5.41, 5.74) is 0. The smallest absolute Gasteiger partial charge is 0.317 e. The second-order valence-electron chi connectivity index (χ2n) is 6.53. The van der Waals surface area contributed by atoms with Crippen LogP contribution in [0.2, 0.25) is 0 Å². The highest BCUT2D eigenvalue weighted by molar-refractivity contribution is 5.74. The molecule has 0 aromatic rings. The Kier molecular flexibility index (Phi) is 5.08. The van der Waals surface area contributed by atoms with E-state index in [9.17, 15) is 4.79 Å². The molecule has 2 N–H and O–H groups in total. The number of hydrogen-bond acceptors (Lipinski definition) is 2. The first-order valence-electron chi connectivity index (χ1n) is 7.78. The van der Waals surface area contributed by atoms with E-state index in [1.165, 1.54) is 19.3 Å².